The van der Waals surface area contributed by atoms with Gasteiger partial charge in [-0.15, -0.1) is 0 Å². The van der Waals surface area contributed by atoms with Crippen molar-refractivity contribution < 1.29 is 32.5 Å². The van der Waals surface area contributed by atoms with Crippen LogP contribution in [0.25, 0.3) is 0 Å². The Morgan fingerprint density at radius 3 is 2.31 bits per heavy atom. The van der Waals surface area contributed by atoms with Crippen LogP contribution in [0.2, 0.25) is 0 Å². The average molecular weight is 370 g/mol. The van der Waals surface area contributed by atoms with Crippen molar-refractivity contribution in [3.63, 3.8) is 0 Å². The fraction of sp³-hybridized carbons (Fsp3) is 0.526. The molecule has 0 aromatic heterocycles. The van der Waals surface area contributed by atoms with E-state index < -0.39 is 17.7 Å². The van der Waals surface area contributed by atoms with E-state index in [0.717, 1.165) is 13.5 Å². The van der Waals surface area contributed by atoms with E-state index >= 15 is 0 Å². The second-order valence-corrected chi connectivity index (χ2v) is 6.81. The number of fused-ring (bicyclic) bond motifs is 2. The predicted octanol–water partition coefficient (Wildman–Crippen LogP) is 3.06. The summed E-state index contributed by atoms with van der Waals surface area (Å²) in [6, 6.07) is 6.75. The van der Waals surface area contributed by atoms with Crippen LogP contribution in [0.3, 0.4) is 0 Å². The number of benzene rings is 1. The summed E-state index contributed by atoms with van der Waals surface area (Å²) in [5.74, 6) is -1.46. The minimum atomic E-state index is -4.98. The maximum absolute atomic E-state index is 13.8. The number of carbonyl (C=O) groups excluding carboxylic acids is 1. The molecule has 2 aliphatic carbocycles. The number of rotatable bonds is 6. The molecule has 0 radical (unpaired) electrons. The lowest BCUT2D eigenvalue weighted by atomic mass is 9.84. The van der Waals surface area contributed by atoms with Gasteiger partial charge in [-0.05, 0) is 24.2 Å². The van der Waals surface area contributed by atoms with Gasteiger partial charge in [0.1, 0.15) is 0 Å². The number of aliphatic hydroxyl groups excluding tert-OH is 1. The van der Waals surface area contributed by atoms with Crippen LogP contribution in [0.4, 0.5) is 13.2 Å². The summed E-state index contributed by atoms with van der Waals surface area (Å²) in [5.41, 5.74) is -3.50. The first-order valence-corrected chi connectivity index (χ1v) is 8.49. The van der Waals surface area contributed by atoms with Gasteiger partial charge in [0.05, 0.1) is 6.61 Å². The van der Waals surface area contributed by atoms with E-state index in [9.17, 15) is 23.1 Å². The van der Waals surface area contributed by atoms with Gasteiger partial charge in [-0.3, -0.25) is 0 Å². The molecule has 1 N–H and O–H groups in total. The molecule has 0 saturated heterocycles. The lowest BCUT2D eigenvalue weighted by Crippen LogP contribution is -2.52. The normalized spacial score (nSPS) is 29.6. The van der Waals surface area contributed by atoms with Crippen LogP contribution in [0.15, 0.2) is 42.5 Å². The number of allylic oxidation sites excluding steroid dienone is 2. The van der Waals surface area contributed by atoms with Crippen molar-refractivity contribution in [1.82, 2.24) is 0 Å². The average Bonchev–Trinajstić information content (AvgIpc) is 3.21. The molecule has 2 bridgehead atoms. The van der Waals surface area contributed by atoms with E-state index in [2.05, 4.69) is 0 Å². The highest BCUT2D eigenvalue weighted by Crippen LogP contribution is 2.48. The first-order chi connectivity index (χ1) is 12.3. The zero-order chi connectivity index (χ0) is 18.9. The summed E-state index contributed by atoms with van der Waals surface area (Å²) < 4.78 is 51.3. The Labute approximate surface area is 149 Å². The van der Waals surface area contributed by atoms with E-state index in [-0.39, 0.29) is 42.4 Å². The molecule has 1 aromatic carbocycles. The molecular weight excluding hydrogens is 349 g/mol. The largest absolute Gasteiger partial charge is 0.463 e. The van der Waals surface area contributed by atoms with Gasteiger partial charge in [0, 0.05) is 25.2 Å². The van der Waals surface area contributed by atoms with Crippen LogP contribution in [0, 0.1) is 23.7 Å². The Morgan fingerprint density at radius 1 is 1.15 bits per heavy atom. The SMILES string of the molecule is CO[C@@](C(=O)OC[C@@H]1[C@H](CO)[C@@H]2C=C[C@H]1C2)(c1ccccc1)C(F)(F)F. The van der Waals surface area contributed by atoms with E-state index in [1.54, 1.807) is 6.07 Å². The van der Waals surface area contributed by atoms with Crippen molar-refractivity contribution in [1.29, 1.82) is 0 Å². The summed E-state index contributed by atoms with van der Waals surface area (Å²) in [6.45, 7) is -0.259. The minimum absolute atomic E-state index is 0.0822. The molecule has 0 spiro atoms. The molecule has 7 heteroatoms. The van der Waals surface area contributed by atoms with E-state index in [0.29, 0.717) is 0 Å². The highest BCUT2D eigenvalue weighted by Gasteiger charge is 2.64. The smallest absolute Gasteiger partial charge is 0.432 e. The molecule has 3 rings (SSSR count). The molecule has 0 unspecified atom stereocenters. The number of methoxy groups -OCH3 is 1. The van der Waals surface area contributed by atoms with Crippen LogP contribution in [-0.4, -0.2) is 37.6 Å². The van der Waals surface area contributed by atoms with Crippen molar-refractivity contribution in [2.24, 2.45) is 23.7 Å². The van der Waals surface area contributed by atoms with Gasteiger partial charge in [0.15, 0.2) is 0 Å². The zero-order valence-electron chi connectivity index (χ0n) is 14.3. The van der Waals surface area contributed by atoms with Crippen LogP contribution in [0.5, 0.6) is 0 Å². The van der Waals surface area contributed by atoms with Gasteiger partial charge in [-0.1, -0.05) is 42.5 Å². The Balaban J connectivity index is 1.82. The Bertz CT molecular complexity index is 673. The van der Waals surface area contributed by atoms with E-state index in [1.165, 1.54) is 24.3 Å². The van der Waals surface area contributed by atoms with Gasteiger partial charge in [-0.25, -0.2) is 4.79 Å². The van der Waals surface area contributed by atoms with Crippen LogP contribution >= 0.6 is 0 Å². The first-order valence-electron chi connectivity index (χ1n) is 8.49. The molecular formula is C19H21F3O4. The van der Waals surface area contributed by atoms with Gasteiger partial charge >= 0.3 is 12.1 Å². The number of aliphatic hydroxyl groups is 1. The molecule has 2 aliphatic rings. The van der Waals surface area contributed by atoms with E-state index in [4.69, 9.17) is 9.47 Å². The Hall–Kier alpha value is -1.86. The topological polar surface area (TPSA) is 55.8 Å². The quantitative estimate of drug-likeness (QED) is 0.618. The molecule has 142 valence electrons. The van der Waals surface area contributed by atoms with Gasteiger partial charge in [0.2, 0.25) is 0 Å². The summed E-state index contributed by atoms with van der Waals surface area (Å²) in [5, 5.41) is 9.56. The minimum Gasteiger partial charge on any atom is -0.463 e. The molecule has 0 aliphatic heterocycles. The van der Waals surface area contributed by atoms with Crippen molar-refractivity contribution in [2.75, 3.05) is 20.3 Å². The molecule has 1 aromatic rings. The summed E-state index contributed by atoms with van der Waals surface area (Å²) in [6.07, 6.45) is -0.144. The molecule has 0 amide bonds. The van der Waals surface area contributed by atoms with E-state index in [1.807, 2.05) is 12.2 Å². The Morgan fingerprint density at radius 2 is 1.77 bits per heavy atom. The standard InChI is InChI=1S/C19H21F3O4/c1-25-18(19(20,21)22,14-5-3-2-4-6-14)17(24)26-11-16-13-8-7-12(9-13)15(16)10-23/h2-8,12-13,15-16,23H,9-11H2,1H3/t12-,13+,15-,16+,18-/m1/s1. The zero-order valence-corrected chi connectivity index (χ0v) is 14.3. The van der Waals surface area contributed by atoms with Crippen LogP contribution in [0.1, 0.15) is 12.0 Å². The number of ether oxygens (including phenoxy) is 2. The summed E-state index contributed by atoms with van der Waals surface area (Å²) >= 11 is 0. The van der Waals surface area contributed by atoms with Crippen molar-refractivity contribution >= 4 is 5.97 Å². The predicted molar refractivity (Wildman–Crippen MR) is 86.9 cm³/mol. The molecule has 26 heavy (non-hydrogen) atoms. The second-order valence-electron chi connectivity index (χ2n) is 6.81. The third kappa shape index (κ3) is 2.93. The summed E-state index contributed by atoms with van der Waals surface area (Å²) in [7, 11) is 0.846. The van der Waals surface area contributed by atoms with Crippen molar-refractivity contribution in [3.8, 4) is 0 Å². The molecule has 5 atom stereocenters. The summed E-state index contributed by atoms with van der Waals surface area (Å²) in [4.78, 5) is 12.6. The number of carbonyl (C=O) groups is 1. The maximum Gasteiger partial charge on any atom is 0.432 e. The van der Waals surface area contributed by atoms with Crippen LogP contribution in [-0.2, 0) is 19.9 Å². The van der Waals surface area contributed by atoms with Gasteiger partial charge in [-0.2, -0.15) is 13.2 Å². The highest BCUT2D eigenvalue weighted by atomic mass is 19.4. The van der Waals surface area contributed by atoms with Crippen molar-refractivity contribution in [3.05, 3.63) is 48.0 Å². The fourth-order valence-electron chi connectivity index (χ4n) is 4.21. The molecule has 1 saturated carbocycles. The van der Waals surface area contributed by atoms with Crippen molar-refractivity contribution in [2.45, 2.75) is 18.2 Å². The Kier molecular flexibility index (Phi) is 5.12. The number of alkyl halides is 3. The lowest BCUT2D eigenvalue weighted by molar-refractivity contribution is -0.277. The first kappa shape index (κ1) is 18.9. The third-order valence-corrected chi connectivity index (χ3v) is 5.59. The molecule has 1 fully saturated rings. The molecule has 4 nitrogen and oxygen atoms in total. The lowest BCUT2D eigenvalue weighted by Gasteiger charge is -2.33. The maximum atomic E-state index is 13.8. The van der Waals surface area contributed by atoms with Gasteiger partial charge < -0.3 is 14.6 Å². The third-order valence-electron chi connectivity index (χ3n) is 5.59. The number of esters is 1. The number of hydrogen-bond acceptors (Lipinski definition) is 4. The number of hydrogen-bond donors (Lipinski definition) is 1. The monoisotopic (exact) mass is 370 g/mol. The highest BCUT2D eigenvalue weighted by molar-refractivity contribution is 5.82. The van der Waals surface area contributed by atoms with Gasteiger partial charge in [0.25, 0.3) is 5.60 Å². The molecule has 0 heterocycles. The fourth-order valence-corrected chi connectivity index (χ4v) is 4.21. The second kappa shape index (κ2) is 7.04. The van der Waals surface area contributed by atoms with Crippen LogP contribution < -0.4 is 0 Å². The number of halogens is 3.